The summed E-state index contributed by atoms with van der Waals surface area (Å²) in [5.41, 5.74) is 2.15. The molecule has 0 spiro atoms. The van der Waals surface area contributed by atoms with Gasteiger partial charge in [-0.2, -0.15) is 11.8 Å². The average molecular weight is 316 g/mol. The van der Waals surface area contributed by atoms with E-state index in [1.54, 1.807) is 0 Å². The summed E-state index contributed by atoms with van der Waals surface area (Å²) in [5, 5.41) is 0. The molecule has 0 aliphatic carbocycles. The molecule has 0 bridgehead atoms. The summed E-state index contributed by atoms with van der Waals surface area (Å²) in [4.78, 5) is 12.1. The highest BCUT2D eigenvalue weighted by Gasteiger charge is 2.27. The van der Waals surface area contributed by atoms with Crippen LogP contribution < -0.4 is 0 Å². The molecule has 5 heteroatoms. The predicted molar refractivity (Wildman–Crippen MR) is 92.5 cm³/mol. The molecule has 4 nitrogen and oxygen atoms in total. The number of hydrogen-bond donors (Lipinski definition) is 0. The molecule has 0 saturated carbocycles. The molecule has 2 aliphatic heterocycles. The summed E-state index contributed by atoms with van der Waals surface area (Å²) < 4.78 is 2.46. The molecule has 118 valence electrons. The lowest BCUT2D eigenvalue weighted by atomic mass is 10.00. The Bertz CT molecular complexity index is 647. The highest BCUT2D eigenvalue weighted by atomic mass is 32.2. The van der Waals surface area contributed by atoms with E-state index in [0.29, 0.717) is 12.1 Å². The van der Waals surface area contributed by atoms with Crippen LogP contribution in [0, 0.1) is 0 Å². The van der Waals surface area contributed by atoms with Crippen LogP contribution in [-0.2, 0) is 6.42 Å². The van der Waals surface area contributed by atoms with Gasteiger partial charge >= 0.3 is 0 Å². The second-order valence-electron chi connectivity index (χ2n) is 6.60. The van der Waals surface area contributed by atoms with Crippen molar-refractivity contribution in [3.05, 3.63) is 24.2 Å². The van der Waals surface area contributed by atoms with Crippen molar-refractivity contribution >= 4 is 22.9 Å². The van der Waals surface area contributed by atoms with Gasteiger partial charge in [0.25, 0.3) is 0 Å². The van der Waals surface area contributed by atoms with E-state index >= 15 is 0 Å². The fourth-order valence-corrected chi connectivity index (χ4v) is 5.04. The van der Waals surface area contributed by atoms with Crippen LogP contribution in [0.1, 0.15) is 37.5 Å². The SMILES string of the molecule is CN1CCCCC1Cc1nc2cccnc2n1C1CCSC1. The minimum atomic E-state index is 0.578. The van der Waals surface area contributed by atoms with Crippen molar-refractivity contribution in [1.29, 1.82) is 0 Å². The van der Waals surface area contributed by atoms with E-state index in [4.69, 9.17) is 4.98 Å². The van der Waals surface area contributed by atoms with Crippen molar-refractivity contribution in [1.82, 2.24) is 19.4 Å². The first-order valence-electron chi connectivity index (χ1n) is 8.43. The van der Waals surface area contributed by atoms with Gasteiger partial charge in [0.2, 0.25) is 0 Å². The molecule has 4 heterocycles. The number of rotatable bonds is 3. The van der Waals surface area contributed by atoms with Crippen molar-refractivity contribution in [2.45, 2.75) is 44.2 Å². The maximum Gasteiger partial charge on any atom is 0.160 e. The fraction of sp³-hybridized carbons (Fsp3) is 0.647. The highest BCUT2D eigenvalue weighted by Crippen LogP contribution is 2.32. The number of thioether (sulfide) groups is 1. The monoisotopic (exact) mass is 316 g/mol. The van der Waals surface area contributed by atoms with Crippen LogP contribution in [0.15, 0.2) is 18.3 Å². The number of nitrogens with zero attached hydrogens (tertiary/aromatic N) is 4. The quantitative estimate of drug-likeness (QED) is 0.871. The van der Waals surface area contributed by atoms with E-state index in [1.165, 1.54) is 49.6 Å². The Labute approximate surface area is 136 Å². The molecule has 2 fully saturated rings. The number of likely N-dealkylation sites (N-methyl/N-ethyl adjacent to an activating group) is 1. The fourth-order valence-electron chi connectivity index (χ4n) is 3.84. The van der Waals surface area contributed by atoms with Crippen LogP contribution >= 0.6 is 11.8 Å². The van der Waals surface area contributed by atoms with E-state index in [1.807, 2.05) is 12.3 Å². The Morgan fingerprint density at radius 3 is 3.09 bits per heavy atom. The summed E-state index contributed by atoms with van der Waals surface area (Å²) in [6, 6.07) is 5.32. The first kappa shape index (κ1) is 14.5. The van der Waals surface area contributed by atoms with Gasteiger partial charge in [0.15, 0.2) is 5.65 Å². The standard InChI is InChI=1S/C17H24N4S/c1-20-9-3-2-5-13(20)11-16-19-15-6-4-8-18-17(15)21(16)14-7-10-22-12-14/h4,6,8,13-14H,2-3,5,7,9-12H2,1H3. The minimum absolute atomic E-state index is 0.578. The molecule has 2 aromatic rings. The molecule has 0 amide bonds. The smallest absolute Gasteiger partial charge is 0.160 e. The number of likely N-dealkylation sites (tertiary alicyclic amines) is 1. The topological polar surface area (TPSA) is 34.0 Å². The molecule has 0 aromatic carbocycles. The van der Waals surface area contributed by atoms with E-state index in [0.717, 1.165) is 17.6 Å². The first-order chi connectivity index (χ1) is 10.8. The summed E-state index contributed by atoms with van der Waals surface area (Å²) in [6.07, 6.45) is 8.21. The maximum atomic E-state index is 4.95. The van der Waals surface area contributed by atoms with Crippen LogP contribution in [0.5, 0.6) is 0 Å². The largest absolute Gasteiger partial charge is 0.309 e. The summed E-state index contributed by atoms with van der Waals surface area (Å²) in [5.74, 6) is 3.72. The lowest BCUT2D eigenvalue weighted by molar-refractivity contribution is 0.181. The molecule has 0 N–H and O–H groups in total. The van der Waals surface area contributed by atoms with E-state index in [-0.39, 0.29) is 0 Å². The van der Waals surface area contributed by atoms with Crippen LogP contribution in [0.3, 0.4) is 0 Å². The molecule has 2 saturated heterocycles. The van der Waals surface area contributed by atoms with E-state index in [9.17, 15) is 0 Å². The van der Waals surface area contributed by atoms with Gasteiger partial charge < -0.3 is 9.47 Å². The Morgan fingerprint density at radius 2 is 2.27 bits per heavy atom. The zero-order chi connectivity index (χ0) is 14.9. The van der Waals surface area contributed by atoms with Gasteiger partial charge in [-0.3, -0.25) is 0 Å². The molecule has 2 unspecified atom stereocenters. The van der Waals surface area contributed by atoms with Crippen molar-refractivity contribution in [3.63, 3.8) is 0 Å². The molecule has 22 heavy (non-hydrogen) atoms. The van der Waals surface area contributed by atoms with Crippen molar-refractivity contribution < 1.29 is 0 Å². The zero-order valence-electron chi connectivity index (χ0n) is 13.2. The Morgan fingerprint density at radius 1 is 1.32 bits per heavy atom. The number of hydrogen-bond acceptors (Lipinski definition) is 4. The van der Waals surface area contributed by atoms with Crippen molar-refractivity contribution in [3.8, 4) is 0 Å². The molecule has 2 aliphatic rings. The zero-order valence-corrected chi connectivity index (χ0v) is 14.1. The van der Waals surface area contributed by atoms with Crippen LogP contribution in [0.25, 0.3) is 11.2 Å². The van der Waals surface area contributed by atoms with E-state index < -0.39 is 0 Å². The van der Waals surface area contributed by atoms with Crippen LogP contribution in [0.4, 0.5) is 0 Å². The van der Waals surface area contributed by atoms with Crippen molar-refractivity contribution in [2.75, 3.05) is 25.1 Å². The normalized spacial score (nSPS) is 26.8. The lowest BCUT2D eigenvalue weighted by Gasteiger charge is -2.32. The van der Waals surface area contributed by atoms with Gasteiger partial charge in [0, 0.05) is 30.5 Å². The van der Waals surface area contributed by atoms with Gasteiger partial charge in [-0.05, 0) is 50.7 Å². The third-order valence-electron chi connectivity index (χ3n) is 5.13. The lowest BCUT2D eigenvalue weighted by Crippen LogP contribution is -2.38. The molecule has 0 radical (unpaired) electrons. The van der Waals surface area contributed by atoms with E-state index in [2.05, 4.69) is 39.3 Å². The molecule has 2 aromatic heterocycles. The molecule has 2 atom stereocenters. The molecular formula is C17H24N4S. The number of fused-ring (bicyclic) bond motifs is 1. The van der Waals surface area contributed by atoms with Gasteiger partial charge in [-0.1, -0.05) is 6.42 Å². The van der Waals surface area contributed by atoms with Crippen molar-refractivity contribution in [2.24, 2.45) is 0 Å². The number of imidazole rings is 1. The third kappa shape index (κ3) is 2.65. The maximum absolute atomic E-state index is 4.95. The summed E-state index contributed by atoms with van der Waals surface area (Å²) in [6.45, 7) is 1.22. The summed E-state index contributed by atoms with van der Waals surface area (Å²) in [7, 11) is 2.26. The number of piperidine rings is 1. The van der Waals surface area contributed by atoms with Gasteiger partial charge in [0.05, 0.1) is 0 Å². The Hall–Kier alpha value is -1.07. The first-order valence-corrected chi connectivity index (χ1v) is 9.58. The summed E-state index contributed by atoms with van der Waals surface area (Å²) >= 11 is 2.06. The second-order valence-corrected chi connectivity index (χ2v) is 7.75. The number of aromatic nitrogens is 3. The molecular weight excluding hydrogens is 292 g/mol. The van der Waals surface area contributed by atoms with Gasteiger partial charge in [-0.25, -0.2) is 9.97 Å². The van der Waals surface area contributed by atoms with Gasteiger partial charge in [-0.15, -0.1) is 0 Å². The van der Waals surface area contributed by atoms with Gasteiger partial charge in [0.1, 0.15) is 11.3 Å². The third-order valence-corrected chi connectivity index (χ3v) is 6.28. The minimum Gasteiger partial charge on any atom is -0.309 e. The second kappa shape index (κ2) is 6.20. The average Bonchev–Trinajstić information content (AvgIpc) is 3.16. The van der Waals surface area contributed by atoms with Crippen LogP contribution in [0.2, 0.25) is 0 Å². The number of pyridine rings is 1. The molecule has 4 rings (SSSR count). The van der Waals surface area contributed by atoms with Crippen LogP contribution in [-0.4, -0.2) is 50.6 Å². The Balaban J connectivity index is 1.70. The Kier molecular flexibility index (Phi) is 4.09. The highest BCUT2D eigenvalue weighted by molar-refractivity contribution is 7.99. The predicted octanol–water partition coefficient (Wildman–Crippen LogP) is 3.14.